The van der Waals surface area contributed by atoms with Crippen molar-refractivity contribution < 1.29 is 19.1 Å². The van der Waals surface area contributed by atoms with E-state index in [0.29, 0.717) is 40.4 Å². The first kappa shape index (κ1) is 26.4. The summed E-state index contributed by atoms with van der Waals surface area (Å²) in [6.45, 7) is 6.57. The molecule has 0 heterocycles. The Bertz CT molecular complexity index is 1240. The van der Waals surface area contributed by atoms with Crippen LogP contribution in [0.4, 0.5) is 5.69 Å². The van der Waals surface area contributed by atoms with Crippen molar-refractivity contribution in [2.45, 2.75) is 27.4 Å². The number of hydrazone groups is 1. The largest absolute Gasteiger partial charge is 0.490 e. The Labute approximate surface area is 221 Å². The van der Waals surface area contributed by atoms with E-state index in [9.17, 15) is 9.59 Å². The lowest BCUT2D eigenvalue weighted by Crippen LogP contribution is -2.32. The fraction of sp³-hybridized carbons (Fsp3) is 0.192. The third kappa shape index (κ3) is 7.66. The number of rotatable bonds is 8. The van der Waals surface area contributed by atoms with E-state index in [2.05, 4.69) is 47.7 Å². The number of hydrogen-bond acceptors (Lipinski definition) is 5. The molecule has 2 amide bonds. The lowest BCUT2D eigenvalue weighted by molar-refractivity contribution is -0.136. The second kappa shape index (κ2) is 12.5. The smallest absolute Gasteiger partial charge is 0.329 e. The van der Waals surface area contributed by atoms with Crippen LogP contribution in [0.3, 0.4) is 0 Å². The zero-order valence-corrected chi connectivity index (χ0v) is 22.7. The Kier molecular flexibility index (Phi) is 9.45. The molecule has 3 aromatic rings. The van der Waals surface area contributed by atoms with Crippen molar-refractivity contribution in [2.24, 2.45) is 5.10 Å². The summed E-state index contributed by atoms with van der Waals surface area (Å²) >= 11 is 6.89. The van der Waals surface area contributed by atoms with Gasteiger partial charge in [-0.2, -0.15) is 5.10 Å². The Morgan fingerprint density at radius 3 is 2.40 bits per heavy atom. The molecule has 0 saturated carbocycles. The van der Waals surface area contributed by atoms with Crippen molar-refractivity contribution in [2.75, 3.05) is 11.9 Å². The van der Waals surface area contributed by atoms with Crippen molar-refractivity contribution in [1.82, 2.24) is 5.43 Å². The van der Waals surface area contributed by atoms with Gasteiger partial charge in [-0.25, -0.2) is 5.43 Å². The molecule has 2 N–H and O–H groups in total. The minimum Gasteiger partial charge on any atom is -0.490 e. The first-order chi connectivity index (χ1) is 16.8. The fourth-order valence-corrected chi connectivity index (χ4v) is 4.12. The summed E-state index contributed by atoms with van der Waals surface area (Å²) in [5.41, 5.74) is 6.47. The molecule has 0 unspecified atom stereocenters. The Balaban J connectivity index is 1.65. The zero-order valence-electron chi connectivity index (χ0n) is 19.5. The van der Waals surface area contributed by atoms with E-state index in [1.807, 2.05) is 51.1 Å². The van der Waals surface area contributed by atoms with Gasteiger partial charge >= 0.3 is 11.8 Å². The minimum atomic E-state index is -0.884. The molecule has 0 atom stereocenters. The number of hydrogen-bond donors (Lipinski definition) is 2. The number of anilines is 1. The van der Waals surface area contributed by atoms with Gasteiger partial charge in [-0.1, -0.05) is 45.8 Å². The first-order valence-electron chi connectivity index (χ1n) is 10.8. The predicted molar refractivity (Wildman–Crippen MR) is 144 cm³/mol. The van der Waals surface area contributed by atoms with Crippen LogP contribution in [0.25, 0.3) is 0 Å². The predicted octanol–water partition coefficient (Wildman–Crippen LogP) is 5.89. The van der Waals surface area contributed by atoms with Crippen molar-refractivity contribution in [3.05, 3.63) is 85.8 Å². The topological polar surface area (TPSA) is 89.0 Å². The van der Waals surface area contributed by atoms with Crippen LogP contribution in [0.1, 0.15) is 29.2 Å². The fourth-order valence-electron chi connectivity index (χ4n) is 3.07. The van der Waals surface area contributed by atoms with Crippen LogP contribution in [0.5, 0.6) is 11.5 Å². The van der Waals surface area contributed by atoms with Crippen LogP contribution in [-0.2, 0) is 16.2 Å². The molecule has 0 aromatic heterocycles. The maximum atomic E-state index is 12.2. The van der Waals surface area contributed by atoms with E-state index < -0.39 is 11.8 Å². The van der Waals surface area contributed by atoms with E-state index >= 15 is 0 Å². The highest BCUT2D eigenvalue weighted by Gasteiger charge is 2.15. The molecule has 0 aliphatic heterocycles. The number of nitrogens with zero attached hydrogens (tertiary/aromatic N) is 1. The van der Waals surface area contributed by atoms with E-state index in [0.717, 1.165) is 15.6 Å². The van der Waals surface area contributed by atoms with E-state index in [4.69, 9.17) is 9.47 Å². The highest BCUT2D eigenvalue weighted by atomic mass is 79.9. The van der Waals surface area contributed by atoms with Gasteiger partial charge in [-0.05, 0) is 83.7 Å². The van der Waals surface area contributed by atoms with Crippen LogP contribution in [-0.4, -0.2) is 24.6 Å². The van der Waals surface area contributed by atoms with Crippen LogP contribution in [0.2, 0.25) is 0 Å². The number of nitrogens with one attached hydrogen (secondary N) is 2. The second-order valence-electron chi connectivity index (χ2n) is 7.65. The summed E-state index contributed by atoms with van der Waals surface area (Å²) in [6.07, 6.45) is 1.42. The van der Waals surface area contributed by atoms with Gasteiger partial charge in [-0.3, -0.25) is 9.59 Å². The molecule has 35 heavy (non-hydrogen) atoms. The van der Waals surface area contributed by atoms with Gasteiger partial charge in [0.05, 0.1) is 17.3 Å². The van der Waals surface area contributed by atoms with Crippen molar-refractivity contribution in [3.63, 3.8) is 0 Å². The summed E-state index contributed by atoms with van der Waals surface area (Å²) in [6, 6.07) is 17.0. The van der Waals surface area contributed by atoms with Gasteiger partial charge < -0.3 is 14.8 Å². The molecule has 3 aromatic carbocycles. The summed E-state index contributed by atoms with van der Waals surface area (Å²) in [7, 11) is 0. The average molecular weight is 603 g/mol. The second-order valence-corrected chi connectivity index (χ2v) is 9.42. The lowest BCUT2D eigenvalue weighted by atomic mass is 10.2. The van der Waals surface area contributed by atoms with Crippen molar-refractivity contribution in [1.29, 1.82) is 0 Å². The Morgan fingerprint density at radius 2 is 1.71 bits per heavy atom. The molecule has 3 rings (SSSR count). The molecule has 7 nitrogen and oxygen atoms in total. The summed E-state index contributed by atoms with van der Waals surface area (Å²) in [5, 5.41) is 6.47. The molecular formula is C26H25Br2N3O4. The van der Waals surface area contributed by atoms with Crippen molar-refractivity contribution >= 4 is 55.6 Å². The number of aryl methyl sites for hydroxylation is 2. The van der Waals surface area contributed by atoms with Crippen LogP contribution >= 0.6 is 31.9 Å². The summed E-state index contributed by atoms with van der Waals surface area (Å²) in [5.74, 6) is -0.600. The molecule has 0 bridgehead atoms. The number of amides is 2. The summed E-state index contributed by atoms with van der Waals surface area (Å²) in [4.78, 5) is 24.3. The number of ether oxygens (including phenoxy) is 2. The van der Waals surface area contributed by atoms with Crippen LogP contribution in [0.15, 0.2) is 68.6 Å². The molecule has 0 saturated heterocycles. The van der Waals surface area contributed by atoms with Gasteiger partial charge in [-0.15, -0.1) is 0 Å². The minimum absolute atomic E-state index is 0.384. The monoisotopic (exact) mass is 601 g/mol. The number of carbonyl (C=O) groups excluding carboxylic acids is 2. The SMILES string of the molecule is CCOc1cc(/C=N/NC(=O)C(=O)Nc2ccc(Br)cc2C)cc(Br)c1OCc1ccc(C)cc1. The lowest BCUT2D eigenvalue weighted by Gasteiger charge is -2.15. The molecule has 9 heteroatoms. The van der Waals surface area contributed by atoms with E-state index in [-0.39, 0.29) is 0 Å². The third-order valence-electron chi connectivity index (χ3n) is 4.86. The molecule has 182 valence electrons. The van der Waals surface area contributed by atoms with E-state index in [1.165, 1.54) is 11.8 Å². The molecule has 0 radical (unpaired) electrons. The van der Waals surface area contributed by atoms with Gasteiger partial charge in [0.2, 0.25) is 0 Å². The number of halogens is 2. The number of benzene rings is 3. The summed E-state index contributed by atoms with van der Waals surface area (Å²) < 4.78 is 13.3. The molecular weight excluding hydrogens is 578 g/mol. The average Bonchev–Trinajstić information content (AvgIpc) is 2.81. The molecule has 0 spiro atoms. The van der Waals surface area contributed by atoms with Crippen LogP contribution in [0, 0.1) is 13.8 Å². The highest BCUT2D eigenvalue weighted by molar-refractivity contribution is 9.10. The standard InChI is InChI=1S/C26H25Br2N3O4/c1-4-34-23-13-19(12-21(28)24(23)35-15-18-7-5-16(2)6-8-18)14-29-31-26(33)25(32)30-22-10-9-20(27)11-17(22)3/h5-14H,4,15H2,1-3H3,(H,30,32)(H,31,33)/b29-14+. The zero-order chi connectivity index (χ0) is 25.4. The maximum Gasteiger partial charge on any atom is 0.329 e. The van der Waals surface area contributed by atoms with Gasteiger partial charge in [0, 0.05) is 10.2 Å². The van der Waals surface area contributed by atoms with E-state index in [1.54, 1.807) is 24.3 Å². The molecule has 0 fully saturated rings. The highest BCUT2D eigenvalue weighted by Crippen LogP contribution is 2.37. The van der Waals surface area contributed by atoms with Gasteiger partial charge in [0.1, 0.15) is 6.61 Å². The molecule has 0 aliphatic carbocycles. The first-order valence-corrected chi connectivity index (χ1v) is 12.4. The van der Waals surface area contributed by atoms with Crippen LogP contribution < -0.4 is 20.2 Å². The van der Waals surface area contributed by atoms with Gasteiger partial charge in [0.15, 0.2) is 11.5 Å². The normalized spacial score (nSPS) is 10.8. The number of carbonyl (C=O) groups is 2. The quantitative estimate of drug-likeness (QED) is 0.191. The Morgan fingerprint density at radius 1 is 0.971 bits per heavy atom. The molecule has 0 aliphatic rings. The third-order valence-corrected chi connectivity index (χ3v) is 5.94. The maximum absolute atomic E-state index is 12.2. The van der Waals surface area contributed by atoms with Gasteiger partial charge in [0.25, 0.3) is 0 Å². The van der Waals surface area contributed by atoms with Crippen molar-refractivity contribution in [3.8, 4) is 11.5 Å². The Hall–Kier alpha value is -3.17.